The second-order valence-electron chi connectivity index (χ2n) is 3.11. The molecule has 14 heavy (non-hydrogen) atoms. The van der Waals surface area contributed by atoms with Gasteiger partial charge in [0.05, 0.1) is 10.2 Å². The molecule has 1 heterocycles. The van der Waals surface area contributed by atoms with Gasteiger partial charge < -0.3 is 10.6 Å². The van der Waals surface area contributed by atoms with E-state index < -0.39 is 0 Å². The Morgan fingerprint density at radius 1 is 1.57 bits per heavy atom. The molecule has 0 fully saturated rings. The second-order valence-corrected chi connectivity index (χ2v) is 3.96. The van der Waals surface area contributed by atoms with E-state index in [2.05, 4.69) is 31.5 Å². The molecule has 0 aromatic carbocycles. The van der Waals surface area contributed by atoms with Crippen molar-refractivity contribution in [1.82, 2.24) is 10.3 Å². The molecule has 0 aliphatic rings. The zero-order chi connectivity index (χ0) is 10.6. The molecule has 76 valence electrons. The van der Waals surface area contributed by atoms with Gasteiger partial charge in [-0.3, -0.25) is 4.98 Å². The van der Waals surface area contributed by atoms with Gasteiger partial charge in [-0.25, -0.2) is 4.79 Å². The first-order chi connectivity index (χ1) is 6.59. The summed E-state index contributed by atoms with van der Waals surface area (Å²) in [5.41, 5.74) is 0.707. The number of nitrogens with one attached hydrogen (secondary N) is 2. The molecule has 0 saturated heterocycles. The number of halogens is 1. The Labute approximate surface area is 91.2 Å². The molecule has 5 heteroatoms. The van der Waals surface area contributed by atoms with Crippen LogP contribution in [0.5, 0.6) is 0 Å². The fourth-order valence-electron chi connectivity index (χ4n) is 0.897. The number of pyridine rings is 1. The van der Waals surface area contributed by atoms with Crippen molar-refractivity contribution in [2.75, 3.05) is 5.32 Å². The lowest BCUT2D eigenvalue weighted by atomic mass is 10.4. The molecule has 0 aliphatic carbocycles. The number of rotatable bonds is 2. The van der Waals surface area contributed by atoms with E-state index in [-0.39, 0.29) is 12.1 Å². The molecule has 2 amide bonds. The van der Waals surface area contributed by atoms with Crippen LogP contribution in [0.2, 0.25) is 0 Å². The molecule has 0 radical (unpaired) electrons. The van der Waals surface area contributed by atoms with Crippen molar-refractivity contribution < 1.29 is 4.79 Å². The minimum Gasteiger partial charge on any atom is -0.336 e. The van der Waals surface area contributed by atoms with Crippen molar-refractivity contribution in [3.8, 4) is 0 Å². The number of nitrogens with zero attached hydrogens (tertiary/aromatic N) is 1. The third kappa shape index (κ3) is 3.33. The number of amides is 2. The first-order valence-corrected chi connectivity index (χ1v) is 5.06. The van der Waals surface area contributed by atoms with E-state index in [0.717, 1.165) is 4.47 Å². The van der Waals surface area contributed by atoms with Gasteiger partial charge in [-0.1, -0.05) is 0 Å². The number of carbonyl (C=O) groups excluding carboxylic acids is 1. The van der Waals surface area contributed by atoms with Crippen LogP contribution in [-0.4, -0.2) is 17.1 Å². The van der Waals surface area contributed by atoms with Gasteiger partial charge in [0.2, 0.25) is 0 Å². The molecular formula is C9H12BrN3O. The molecule has 1 aromatic rings. The number of carbonyl (C=O) groups is 1. The maximum absolute atomic E-state index is 11.3. The van der Waals surface area contributed by atoms with Crippen LogP contribution >= 0.6 is 15.9 Å². The molecule has 1 rings (SSSR count). The highest BCUT2D eigenvalue weighted by atomic mass is 79.9. The van der Waals surface area contributed by atoms with Crippen LogP contribution < -0.4 is 10.6 Å². The molecule has 2 N–H and O–H groups in total. The smallest absolute Gasteiger partial charge is 0.319 e. The topological polar surface area (TPSA) is 54.0 Å². The fourth-order valence-corrected chi connectivity index (χ4v) is 1.25. The highest BCUT2D eigenvalue weighted by molar-refractivity contribution is 9.10. The number of hydrogen-bond donors (Lipinski definition) is 2. The molecular weight excluding hydrogens is 246 g/mol. The maximum atomic E-state index is 11.3. The normalized spacial score (nSPS) is 10.0. The van der Waals surface area contributed by atoms with Gasteiger partial charge in [0.15, 0.2) is 0 Å². The van der Waals surface area contributed by atoms with Gasteiger partial charge in [-0.2, -0.15) is 0 Å². The highest BCUT2D eigenvalue weighted by Crippen LogP contribution is 2.19. The number of anilines is 1. The highest BCUT2D eigenvalue weighted by Gasteiger charge is 2.05. The van der Waals surface area contributed by atoms with Gasteiger partial charge in [-0.05, 0) is 35.8 Å². The Balaban J connectivity index is 2.61. The van der Waals surface area contributed by atoms with Gasteiger partial charge in [0.25, 0.3) is 0 Å². The van der Waals surface area contributed by atoms with E-state index in [1.165, 1.54) is 0 Å². The summed E-state index contributed by atoms with van der Waals surface area (Å²) in [6.07, 6.45) is 3.25. The van der Waals surface area contributed by atoms with E-state index in [4.69, 9.17) is 0 Å². The molecule has 4 nitrogen and oxygen atoms in total. The summed E-state index contributed by atoms with van der Waals surface area (Å²) in [4.78, 5) is 15.2. The van der Waals surface area contributed by atoms with Crippen molar-refractivity contribution in [3.05, 3.63) is 22.9 Å². The van der Waals surface area contributed by atoms with Crippen molar-refractivity contribution in [2.45, 2.75) is 19.9 Å². The van der Waals surface area contributed by atoms with E-state index >= 15 is 0 Å². The zero-order valence-electron chi connectivity index (χ0n) is 8.04. The van der Waals surface area contributed by atoms with E-state index in [1.807, 2.05) is 13.8 Å². The summed E-state index contributed by atoms with van der Waals surface area (Å²) in [6.45, 7) is 3.81. The standard InChI is InChI=1S/C9H12BrN3O/c1-6(2)12-9(14)13-8-3-4-11-5-7(8)10/h3-6H,1-2H3,(H2,11,12,13,14). The number of urea groups is 1. The SMILES string of the molecule is CC(C)NC(=O)Nc1ccncc1Br. The predicted molar refractivity (Wildman–Crippen MR) is 59.2 cm³/mol. The molecule has 0 saturated carbocycles. The molecule has 0 unspecified atom stereocenters. The van der Waals surface area contributed by atoms with Crippen molar-refractivity contribution >= 4 is 27.6 Å². The van der Waals surface area contributed by atoms with Crippen LogP contribution in [-0.2, 0) is 0 Å². The van der Waals surface area contributed by atoms with Gasteiger partial charge in [0.1, 0.15) is 0 Å². The lowest BCUT2D eigenvalue weighted by molar-refractivity contribution is 0.250. The minimum absolute atomic E-state index is 0.121. The van der Waals surface area contributed by atoms with Crippen LogP contribution in [0, 0.1) is 0 Å². The summed E-state index contributed by atoms with van der Waals surface area (Å²) in [7, 11) is 0. The summed E-state index contributed by atoms with van der Waals surface area (Å²) in [5, 5.41) is 5.43. The van der Waals surface area contributed by atoms with Gasteiger partial charge in [0, 0.05) is 18.4 Å². The third-order valence-corrected chi connectivity index (χ3v) is 2.07. The quantitative estimate of drug-likeness (QED) is 0.855. The third-order valence-electron chi connectivity index (χ3n) is 1.44. The fraction of sp³-hybridized carbons (Fsp3) is 0.333. The number of hydrogen-bond acceptors (Lipinski definition) is 2. The lowest BCUT2D eigenvalue weighted by Gasteiger charge is -2.10. The summed E-state index contributed by atoms with van der Waals surface area (Å²) in [6, 6.07) is 1.63. The first kappa shape index (κ1) is 11.0. The molecule has 0 spiro atoms. The van der Waals surface area contributed by atoms with Crippen LogP contribution in [0.1, 0.15) is 13.8 Å². The van der Waals surface area contributed by atoms with E-state index in [9.17, 15) is 4.79 Å². The van der Waals surface area contributed by atoms with Crippen LogP contribution in [0.3, 0.4) is 0 Å². The molecule has 0 atom stereocenters. The van der Waals surface area contributed by atoms with Gasteiger partial charge >= 0.3 is 6.03 Å². The Bertz CT molecular complexity index is 328. The largest absolute Gasteiger partial charge is 0.336 e. The summed E-state index contributed by atoms with van der Waals surface area (Å²) in [5.74, 6) is 0. The average molecular weight is 258 g/mol. The van der Waals surface area contributed by atoms with Crippen molar-refractivity contribution in [3.63, 3.8) is 0 Å². The van der Waals surface area contributed by atoms with Crippen molar-refractivity contribution in [1.29, 1.82) is 0 Å². The Morgan fingerprint density at radius 2 is 2.29 bits per heavy atom. The van der Waals surface area contributed by atoms with E-state index in [1.54, 1.807) is 18.5 Å². The molecule has 0 aliphatic heterocycles. The molecule has 1 aromatic heterocycles. The van der Waals surface area contributed by atoms with Crippen LogP contribution in [0.4, 0.5) is 10.5 Å². The monoisotopic (exact) mass is 257 g/mol. The first-order valence-electron chi connectivity index (χ1n) is 4.26. The molecule has 0 bridgehead atoms. The lowest BCUT2D eigenvalue weighted by Crippen LogP contribution is -2.34. The number of aromatic nitrogens is 1. The van der Waals surface area contributed by atoms with Crippen molar-refractivity contribution in [2.24, 2.45) is 0 Å². The van der Waals surface area contributed by atoms with Crippen LogP contribution in [0.25, 0.3) is 0 Å². The minimum atomic E-state index is -0.216. The average Bonchev–Trinajstić information content (AvgIpc) is 2.07. The Morgan fingerprint density at radius 3 is 2.86 bits per heavy atom. The van der Waals surface area contributed by atoms with Gasteiger partial charge in [-0.15, -0.1) is 0 Å². The second kappa shape index (κ2) is 4.95. The summed E-state index contributed by atoms with van der Waals surface area (Å²) >= 11 is 3.29. The predicted octanol–water partition coefficient (Wildman–Crippen LogP) is 2.37. The van der Waals surface area contributed by atoms with E-state index in [0.29, 0.717) is 5.69 Å². The summed E-state index contributed by atoms with van der Waals surface area (Å²) < 4.78 is 0.763. The Hall–Kier alpha value is -1.10. The zero-order valence-corrected chi connectivity index (χ0v) is 9.63. The van der Waals surface area contributed by atoms with Crippen LogP contribution in [0.15, 0.2) is 22.9 Å². The maximum Gasteiger partial charge on any atom is 0.319 e. The Kier molecular flexibility index (Phi) is 3.88.